The van der Waals surface area contributed by atoms with E-state index in [2.05, 4.69) is 41.8 Å². The molecule has 2 aliphatic carbocycles. The number of allylic oxidation sites excluding steroid dienone is 3. The number of rotatable bonds is 23. The highest BCUT2D eigenvalue weighted by Crippen LogP contribution is 2.43. The number of anilines is 2. The molecule has 1 fully saturated rings. The van der Waals surface area contributed by atoms with E-state index in [0.29, 0.717) is 92.7 Å². The average Bonchev–Trinajstić information content (AvgIpc) is 3.89. The number of carbonyl (C=O) groups is 3. The molecule has 2 unspecified atom stereocenters. The fraction of sp³-hybridized carbons (Fsp3) is 0.456. The van der Waals surface area contributed by atoms with Gasteiger partial charge in [0.1, 0.15) is 25.6 Å². The molecule has 3 aromatic carbocycles. The van der Waals surface area contributed by atoms with Crippen LogP contribution in [0.25, 0.3) is 0 Å². The zero-order valence-electron chi connectivity index (χ0n) is 43.3. The van der Waals surface area contributed by atoms with Gasteiger partial charge in [-0.3, -0.25) is 34.2 Å². The summed E-state index contributed by atoms with van der Waals surface area (Å²) in [5.41, 5.74) is 8.69. The van der Waals surface area contributed by atoms with Crippen molar-refractivity contribution in [1.29, 1.82) is 0 Å². The number of thiol groups is 1. The predicted molar refractivity (Wildman–Crippen MR) is 288 cm³/mol. The van der Waals surface area contributed by atoms with Crippen LogP contribution in [0.1, 0.15) is 73.0 Å². The van der Waals surface area contributed by atoms with Crippen LogP contribution in [0, 0.1) is 0 Å². The minimum atomic E-state index is -0.561. The Morgan fingerprint density at radius 2 is 1.59 bits per heavy atom. The molecule has 4 heterocycles. The second-order valence-corrected chi connectivity index (χ2v) is 21.2. The largest absolute Gasteiger partial charge is 0.493 e. The molecule has 392 valence electrons. The van der Waals surface area contributed by atoms with Crippen LogP contribution >= 0.6 is 12.6 Å². The number of nitrogens with zero attached hydrogens (tertiary/aromatic N) is 6. The van der Waals surface area contributed by atoms with Gasteiger partial charge in [-0.05, 0) is 97.9 Å². The average molecular weight is 1030 g/mol. The van der Waals surface area contributed by atoms with E-state index in [1.807, 2.05) is 85.6 Å². The predicted octanol–water partition coefficient (Wildman–Crippen LogP) is 7.97. The van der Waals surface area contributed by atoms with E-state index in [1.54, 1.807) is 38.4 Å². The Labute approximate surface area is 439 Å². The van der Waals surface area contributed by atoms with Crippen LogP contribution in [0.5, 0.6) is 11.5 Å². The van der Waals surface area contributed by atoms with Crippen LogP contribution in [0.3, 0.4) is 0 Å². The highest BCUT2D eigenvalue weighted by Gasteiger charge is 2.42. The number of benzene rings is 3. The molecule has 3 amide bonds. The summed E-state index contributed by atoms with van der Waals surface area (Å²) < 4.78 is 41.5. The Balaban J connectivity index is 0.985. The molecule has 0 saturated carbocycles. The monoisotopic (exact) mass is 1030 g/mol. The zero-order chi connectivity index (χ0) is 51.9. The first-order valence-electron chi connectivity index (χ1n) is 25.5. The van der Waals surface area contributed by atoms with Crippen LogP contribution < -0.4 is 19.3 Å². The third-order valence-corrected chi connectivity index (χ3v) is 14.1. The quantitative estimate of drug-likeness (QED) is 0.0559. The van der Waals surface area contributed by atoms with Gasteiger partial charge in [0.15, 0.2) is 11.5 Å². The van der Waals surface area contributed by atoms with Gasteiger partial charge in [0, 0.05) is 100 Å². The van der Waals surface area contributed by atoms with Crippen LogP contribution in [0.2, 0.25) is 0 Å². The molecule has 1 saturated heterocycles. The topological polar surface area (TPSA) is 154 Å². The summed E-state index contributed by atoms with van der Waals surface area (Å²) in [6.45, 7) is 7.15. The Morgan fingerprint density at radius 3 is 2.39 bits per heavy atom. The molecule has 17 heteroatoms. The fourth-order valence-electron chi connectivity index (χ4n) is 10.4. The maximum atomic E-state index is 14.2. The highest BCUT2D eigenvalue weighted by molar-refractivity contribution is 7.81. The minimum absolute atomic E-state index is 0.0383. The third-order valence-electron chi connectivity index (χ3n) is 13.9. The number of amides is 3. The van der Waals surface area contributed by atoms with Crippen molar-refractivity contribution >= 4 is 59.8 Å². The van der Waals surface area contributed by atoms with Crippen molar-refractivity contribution < 1.29 is 47.5 Å². The molecule has 0 aromatic heterocycles. The van der Waals surface area contributed by atoms with Crippen molar-refractivity contribution in [2.24, 2.45) is 9.98 Å². The molecule has 0 radical (unpaired) electrons. The number of methoxy groups -OCH3 is 3. The molecule has 6 aliphatic rings. The lowest BCUT2D eigenvalue weighted by Crippen LogP contribution is -2.37. The number of para-hydroxylation sites is 1. The van der Waals surface area contributed by atoms with Gasteiger partial charge in [-0.1, -0.05) is 30.4 Å². The van der Waals surface area contributed by atoms with E-state index in [9.17, 15) is 14.4 Å². The summed E-state index contributed by atoms with van der Waals surface area (Å²) in [6, 6.07) is 17.2. The SMILES string of the molecule is COCCOCOCCN(CCCC(=O)N(C)CC(C)(C)S)c1cc(COc2cc3c(cc2OC)C(=O)N2c4ccccc4C[C@H]2C=N3)cc(COC2C=C3N=C[C@@H]4CC5=CCCC=C5N4C(=O)C3=CC2OC)c1. The van der Waals surface area contributed by atoms with Gasteiger partial charge in [-0.25, -0.2) is 0 Å². The van der Waals surface area contributed by atoms with Gasteiger partial charge in [0.25, 0.3) is 11.8 Å². The number of aliphatic imine (C=N–C) groups is 2. The first-order chi connectivity index (χ1) is 35.8. The summed E-state index contributed by atoms with van der Waals surface area (Å²) in [5.74, 6) is 0.625. The number of fused-ring (bicyclic) bond motifs is 8. The first-order valence-corrected chi connectivity index (χ1v) is 25.9. The van der Waals surface area contributed by atoms with Crippen molar-refractivity contribution in [3.05, 3.63) is 124 Å². The van der Waals surface area contributed by atoms with E-state index in [4.69, 9.17) is 43.1 Å². The minimum Gasteiger partial charge on any atom is -0.493 e. The fourth-order valence-corrected chi connectivity index (χ4v) is 10.6. The number of ether oxygens (including phenoxy) is 7. The summed E-state index contributed by atoms with van der Waals surface area (Å²) in [6.07, 6.45) is 14.9. The second kappa shape index (κ2) is 23.6. The molecule has 0 bridgehead atoms. The van der Waals surface area contributed by atoms with Crippen molar-refractivity contribution in [3.63, 3.8) is 0 Å². The Bertz CT molecular complexity index is 2780. The number of hydrogen-bond acceptors (Lipinski definition) is 14. The molecule has 9 rings (SSSR count). The molecule has 74 heavy (non-hydrogen) atoms. The van der Waals surface area contributed by atoms with Crippen LogP contribution in [0.4, 0.5) is 17.1 Å². The van der Waals surface area contributed by atoms with Crippen LogP contribution in [-0.2, 0) is 52.9 Å². The van der Waals surface area contributed by atoms with Gasteiger partial charge >= 0.3 is 0 Å². The molecule has 3 aromatic rings. The van der Waals surface area contributed by atoms with Crippen molar-refractivity contribution in [2.75, 3.05) is 84.4 Å². The number of carbonyl (C=O) groups excluding carboxylic acids is 3. The molecule has 4 aliphatic heterocycles. The third kappa shape index (κ3) is 12.0. The van der Waals surface area contributed by atoms with Gasteiger partial charge in [-0.2, -0.15) is 12.6 Å². The molecule has 0 N–H and O–H groups in total. The smallest absolute Gasteiger partial charge is 0.261 e. The Morgan fingerprint density at radius 1 is 0.824 bits per heavy atom. The standard InChI is InChI=1S/C57H68N6O10S/c1-57(2,74)35-60(3)54(64)16-11-17-61(18-19-70-36-71-21-20-67-4)41-23-37(33-72-52-29-46-44(27-50(52)68-5)55(65)62-42(31-58-46)25-39-12-7-9-14-48(39)62)22-38(24-41)34-73-53-30-47-45(28-51(53)69-6)56(66)63-43(32-59-47)26-40-13-8-10-15-49(40)63/h7,9,12-15,22-24,27-32,42-43,51,53,74H,8,10-11,16-21,25-26,33-36H2,1-6H3/t42-,43-,51?,53?/m0/s1. The normalized spacial score (nSPS) is 20.5. The van der Waals surface area contributed by atoms with E-state index in [1.165, 1.54) is 5.57 Å². The van der Waals surface area contributed by atoms with Gasteiger partial charge in [0.2, 0.25) is 5.91 Å². The number of hydrogen-bond donors (Lipinski definition) is 1. The second-order valence-electron chi connectivity index (χ2n) is 20.0. The van der Waals surface area contributed by atoms with E-state index < -0.39 is 12.2 Å². The van der Waals surface area contributed by atoms with E-state index >= 15 is 0 Å². The van der Waals surface area contributed by atoms with Gasteiger partial charge < -0.3 is 43.0 Å². The summed E-state index contributed by atoms with van der Waals surface area (Å²) >= 11 is 4.65. The molecular weight excluding hydrogens is 961 g/mol. The molecular formula is C57H68N6O10S. The van der Waals surface area contributed by atoms with Crippen molar-refractivity contribution in [1.82, 2.24) is 9.80 Å². The lowest BCUT2D eigenvalue weighted by molar-refractivity contribution is -0.130. The summed E-state index contributed by atoms with van der Waals surface area (Å²) in [4.78, 5) is 59.1. The Kier molecular flexibility index (Phi) is 16.9. The van der Waals surface area contributed by atoms with E-state index in [-0.39, 0.29) is 54.6 Å². The molecule has 4 atom stereocenters. The highest BCUT2D eigenvalue weighted by atomic mass is 32.1. The van der Waals surface area contributed by atoms with E-state index in [0.717, 1.165) is 53.0 Å². The Hall–Kier alpha value is -6.08. The van der Waals surface area contributed by atoms with Crippen LogP contribution in [0.15, 0.2) is 111 Å². The lowest BCUT2D eigenvalue weighted by atomic mass is 9.97. The van der Waals surface area contributed by atoms with Crippen molar-refractivity contribution in [2.45, 2.75) is 94.6 Å². The van der Waals surface area contributed by atoms with Crippen molar-refractivity contribution in [3.8, 4) is 11.5 Å². The van der Waals surface area contributed by atoms with Gasteiger partial charge in [0.05, 0.1) is 68.1 Å². The van der Waals surface area contributed by atoms with Crippen LogP contribution in [-0.4, -0.2) is 144 Å². The maximum Gasteiger partial charge on any atom is 0.261 e. The zero-order valence-corrected chi connectivity index (χ0v) is 44.2. The summed E-state index contributed by atoms with van der Waals surface area (Å²) in [7, 11) is 6.61. The molecule has 16 nitrogen and oxygen atoms in total. The first kappa shape index (κ1) is 52.8. The maximum absolute atomic E-state index is 14.2. The summed E-state index contributed by atoms with van der Waals surface area (Å²) in [5, 5.41) is 0. The lowest BCUT2D eigenvalue weighted by Gasteiger charge is -2.29. The van der Waals surface area contributed by atoms with Gasteiger partial charge in [-0.15, -0.1) is 0 Å². The molecule has 0 spiro atoms.